The van der Waals surface area contributed by atoms with Gasteiger partial charge in [-0.2, -0.15) is 0 Å². The summed E-state index contributed by atoms with van der Waals surface area (Å²) in [6.45, 7) is 2.14. The quantitative estimate of drug-likeness (QED) is 0.888. The number of nitrogens with one attached hydrogen (secondary N) is 1. The Balaban J connectivity index is 1.59. The Morgan fingerprint density at radius 1 is 1.45 bits per heavy atom. The Kier molecular flexibility index (Phi) is 3.74. The van der Waals surface area contributed by atoms with Gasteiger partial charge in [-0.15, -0.1) is 0 Å². The van der Waals surface area contributed by atoms with Crippen molar-refractivity contribution in [1.29, 1.82) is 0 Å². The molecule has 0 spiro atoms. The van der Waals surface area contributed by atoms with Crippen molar-refractivity contribution in [1.82, 2.24) is 5.32 Å². The molecule has 2 aromatic rings. The van der Waals surface area contributed by atoms with E-state index < -0.39 is 11.4 Å². The largest absolute Gasteiger partial charge is 0.481 e. The van der Waals surface area contributed by atoms with Crippen LogP contribution in [-0.2, 0) is 11.3 Å². The van der Waals surface area contributed by atoms with Crippen LogP contribution in [0.4, 0.5) is 4.39 Å². The molecule has 0 aliphatic heterocycles. The van der Waals surface area contributed by atoms with E-state index in [2.05, 4.69) is 5.32 Å². The van der Waals surface area contributed by atoms with Crippen LogP contribution in [0.3, 0.4) is 0 Å². The van der Waals surface area contributed by atoms with E-state index >= 15 is 0 Å². The maximum Gasteiger partial charge on any atom is 0.309 e. The van der Waals surface area contributed by atoms with Gasteiger partial charge in [-0.1, -0.05) is 12.1 Å². The summed E-state index contributed by atoms with van der Waals surface area (Å²) in [5.41, 5.74) is 0.631. The van der Waals surface area contributed by atoms with Gasteiger partial charge in [0.15, 0.2) is 0 Å². The normalized spacial score (nSPS) is 24.0. The van der Waals surface area contributed by atoms with Gasteiger partial charge in [0.1, 0.15) is 11.6 Å². The van der Waals surface area contributed by atoms with Crippen LogP contribution >= 0.6 is 0 Å². The number of furan rings is 1. The second-order valence-electron chi connectivity index (χ2n) is 6.14. The third kappa shape index (κ3) is 2.76. The van der Waals surface area contributed by atoms with Gasteiger partial charge in [0.05, 0.1) is 11.7 Å². The molecule has 3 rings (SSSR count). The SMILES string of the molecule is CC1(C(=O)O)CC(NCc2ccc(-c3ccco3)cc2F)C1. The van der Waals surface area contributed by atoms with Crippen LogP contribution in [0, 0.1) is 11.2 Å². The maximum atomic E-state index is 14.1. The lowest BCUT2D eigenvalue weighted by Crippen LogP contribution is -2.51. The molecular weight excluding hydrogens is 285 g/mol. The highest BCUT2D eigenvalue weighted by molar-refractivity contribution is 5.75. The molecule has 2 N–H and O–H groups in total. The number of hydrogen-bond donors (Lipinski definition) is 2. The fourth-order valence-electron chi connectivity index (χ4n) is 2.89. The van der Waals surface area contributed by atoms with Crippen LogP contribution < -0.4 is 5.32 Å². The summed E-state index contributed by atoms with van der Waals surface area (Å²) in [5, 5.41) is 12.3. The lowest BCUT2D eigenvalue weighted by molar-refractivity contribution is -0.154. The first-order chi connectivity index (χ1) is 10.5. The van der Waals surface area contributed by atoms with Gasteiger partial charge in [-0.05, 0) is 38.0 Å². The van der Waals surface area contributed by atoms with Crippen molar-refractivity contribution in [2.24, 2.45) is 5.41 Å². The third-order valence-electron chi connectivity index (χ3n) is 4.35. The van der Waals surface area contributed by atoms with Crippen molar-refractivity contribution in [2.45, 2.75) is 32.4 Å². The van der Waals surface area contributed by atoms with Crippen LogP contribution in [0.1, 0.15) is 25.3 Å². The average Bonchev–Trinajstić information content (AvgIpc) is 2.97. The molecule has 1 heterocycles. The highest BCUT2D eigenvalue weighted by Crippen LogP contribution is 2.40. The lowest BCUT2D eigenvalue weighted by atomic mass is 9.67. The zero-order valence-electron chi connectivity index (χ0n) is 12.3. The van der Waals surface area contributed by atoms with Crippen LogP contribution in [-0.4, -0.2) is 17.1 Å². The van der Waals surface area contributed by atoms with Crippen molar-refractivity contribution >= 4 is 5.97 Å². The molecule has 1 aromatic carbocycles. The first-order valence-electron chi connectivity index (χ1n) is 7.27. The highest BCUT2D eigenvalue weighted by Gasteiger charge is 2.46. The summed E-state index contributed by atoms with van der Waals surface area (Å²) in [7, 11) is 0. The molecule has 116 valence electrons. The van der Waals surface area contributed by atoms with Crippen LogP contribution in [0.5, 0.6) is 0 Å². The maximum absolute atomic E-state index is 14.1. The van der Waals surface area contributed by atoms with Gasteiger partial charge in [-0.3, -0.25) is 4.79 Å². The monoisotopic (exact) mass is 303 g/mol. The molecule has 0 saturated heterocycles. The summed E-state index contributed by atoms with van der Waals surface area (Å²) in [6.07, 6.45) is 2.71. The number of hydrogen-bond acceptors (Lipinski definition) is 3. The Labute approximate surface area is 128 Å². The van der Waals surface area contributed by atoms with E-state index in [1.165, 1.54) is 6.07 Å². The van der Waals surface area contributed by atoms with E-state index in [0.717, 1.165) is 0 Å². The number of aliphatic carboxylic acids is 1. The van der Waals surface area contributed by atoms with Gasteiger partial charge >= 0.3 is 5.97 Å². The Morgan fingerprint density at radius 3 is 2.82 bits per heavy atom. The molecule has 5 heteroatoms. The summed E-state index contributed by atoms with van der Waals surface area (Å²) in [6, 6.07) is 8.69. The predicted molar refractivity (Wildman–Crippen MR) is 79.7 cm³/mol. The van der Waals surface area contributed by atoms with E-state index in [4.69, 9.17) is 9.52 Å². The van der Waals surface area contributed by atoms with Crippen molar-refractivity contribution in [3.8, 4) is 11.3 Å². The van der Waals surface area contributed by atoms with E-state index in [-0.39, 0.29) is 11.9 Å². The number of carbonyl (C=O) groups is 1. The number of halogens is 1. The summed E-state index contributed by atoms with van der Waals surface area (Å²) in [4.78, 5) is 11.0. The zero-order chi connectivity index (χ0) is 15.7. The Bertz CT molecular complexity index is 675. The van der Waals surface area contributed by atoms with Crippen molar-refractivity contribution < 1.29 is 18.7 Å². The molecule has 0 bridgehead atoms. The van der Waals surface area contributed by atoms with Crippen LogP contribution in [0.2, 0.25) is 0 Å². The highest BCUT2D eigenvalue weighted by atomic mass is 19.1. The molecule has 1 fully saturated rings. The van der Waals surface area contributed by atoms with E-state index in [0.29, 0.717) is 36.3 Å². The number of rotatable bonds is 5. The smallest absolute Gasteiger partial charge is 0.309 e. The van der Waals surface area contributed by atoms with Crippen molar-refractivity contribution in [3.05, 3.63) is 48.0 Å². The van der Waals surface area contributed by atoms with Crippen LogP contribution in [0.15, 0.2) is 41.0 Å². The van der Waals surface area contributed by atoms with Gasteiger partial charge in [0, 0.05) is 23.7 Å². The summed E-state index contributed by atoms with van der Waals surface area (Å²) >= 11 is 0. The van der Waals surface area contributed by atoms with Gasteiger partial charge < -0.3 is 14.8 Å². The minimum absolute atomic E-state index is 0.130. The van der Waals surface area contributed by atoms with Crippen LogP contribution in [0.25, 0.3) is 11.3 Å². The van der Waals surface area contributed by atoms with Crippen molar-refractivity contribution in [2.75, 3.05) is 0 Å². The number of benzene rings is 1. The van der Waals surface area contributed by atoms with Gasteiger partial charge in [-0.25, -0.2) is 4.39 Å². The fraction of sp³-hybridized carbons (Fsp3) is 0.353. The van der Waals surface area contributed by atoms with E-state index in [9.17, 15) is 9.18 Å². The standard InChI is InChI=1S/C17H18FNO3/c1-17(16(20)21)8-13(9-17)19-10-12-5-4-11(7-14(12)18)15-3-2-6-22-15/h2-7,13,19H,8-10H2,1H3,(H,20,21). The molecule has 0 unspecified atom stereocenters. The molecule has 1 aliphatic rings. The first-order valence-corrected chi connectivity index (χ1v) is 7.27. The molecule has 0 atom stereocenters. The number of carboxylic acid groups (broad SMARTS) is 1. The van der Waals surface area contributed by atoms with E-state index in [1.54, 1.807) is 31.4 Å². The molecule has 1 saturated carbocycles. The van der Waals surface area contributed by atoms with E-state index in [1.807, 2.05) is 6.07 Å². The Morgan fingerprint density at radius 2 is 2.23 bits per heavy atom. The zero-order valence-corrected chi connectivity index (χ0v) is 12.3. The predicted octanol–water partition coefficient (Wildman–Crippen LogP) is 3.43. The molecule has 0 radical (unpaired) electrons. The molecule has 0 amide bonds. The summed E-state index contributed by atoms with van der Waals surface area (Å²) in [5.74, 6) is -0.420. The summed E-state index contributed by atoms with van der Waals surface area (Å²) < 4.78 is 19.4. The fourth-order valence-corrected chi connectivity index (χ4v) is 2.89. The van der Waals surface area contributed by atoms with Crippen molar-refractivity contribution in [3.63, 3.8) is 0 Å². The average molecular weight is 303 g/mol. The minimum atomic E-state index is -0.764. The second-order valence-corrected chi connectivity index (χ2v) is 6.14. The molecule has 1 aromatic heterocycles. The minimum Gasteiger partial charge on any atom is -0.481 e. The molecule has 1 aliphatic carbocycles. The lowest BCUT2D eigenvalue weighted by Gasteiger charge is -2.42. The topological polar surface area (TPSA) is 62.5 Å². The van der Waals surface area contributed by atoms with Gasteiger partial charge in [0.2, 0.25) is 0 Å². The number of carboxylic acids is 1. The molecular formula is C17H18FNO3. The van der Waals surface area contributed by atoms with Gasteiger partial charge in [0.25, 0.3) is 0 Å². The Hall–Kier alpha value is -2.14. The molecule has 4 nitrogen and oxygen atoms in total. The first kappa shape index (κ1) is 14.8. The second kappa shape index (κ2) is 5.57. The molecule has 22 heavy (non-hydrogen) atoms. The third-order valence-corrected chi connectivity index (χ3v) is 4.35.